The van der Waals surface area contributed by atoms with Crippen molar-refractivity contribution in [3.63, 3.8) is 0 Å². The first-order valence-electron chi connectivity index (χ1n) is 10.1. The van der Waals surface area contributed by atoms with E-state index in [4.69, 9.17) is 9.47 Å². The van der Waals surface area contributed by atoms with Crippen LogP contribution in [0.2, 0.25) is 0 Å². The fraction of sp³-hybridized carbons (Fsp3) is 0.900. The molecule has 10 rings (SSSR count). The average Bonchev–Trinajstić information content (AvgIpc) is 3.32. The SMILES string of the molecule is O=C1O[C@@]23CCC[C@H]2[C@H]2[C@H]4[C@H]5[C@H]6[C@@H]7CCC[C@]78OC(=O)[C@@]2([C@@H]58)[C@]16[C@H]43. The Kier molecular flexibility index (Phi) is 1.25. The predicted octanol–water partition coefficient (Wildman–Crippen LogP) is 1.92. The molecule has 8 saturated carbocycles. The van der Waals surface area contributed by atoms with Crippen LogP contribution in [0, 0.1) is 58.2 Å². The lowest BCUT2D eigenvalue weighted by Gasteiger charge is -2.51. The average molecular weight is 324 g/mol. The molecule has 2 saturated heterocycles. The number of hydrogen-bond donors (Lipinski definition) is 0. The van der Waals surface area contributed by atoms with E-state index in [-0.39, 0.29) is 23.1 Å². The van der Waals surface area contributed by atoms with Gasteiger partial charge in [-0.15, -0.1) is 0 Å². The maximum absolute atomic E-state index is 13.5. The van der Waals surface area contributed by atoms with Gasteiger partial charge in [0, 0.05) is 23.7 Å². The van der Waals surface area contributed by atoms with Crippen LogP contribution in [0.4, 0.5) is 0 Å². The molecule has 24 heavy (non-hydrogen) atoms. The smallest absolute Gasteiger partial charge is 0.314 e. The Morgan fingerprint density at radius 3 is 1.67 bits per heavy atom. The molecule has 4 nitrogen and oxygen atoms in total. The van der Waals surface area contributed by atoms with Gasteiger partial charge in [-0.3, -0.25) is 9.59 Å². The molecule has 0 unspecified atom stereocenters. The maximum atomic E-state index is 13.5. The molecule has 8 aliphatic carbocycles. The quantitative estimate of drug-likeness (QED) is 0.639. The molecule has 0 aromatic heterocycles. The summed E-state index contributed by atoms with van der Waals surface area (Å²) >= 11 is 0. The fourth-order valence-electron chi connectivity index (χ4n) is 12.2. The van der Waals surface area contributed by atoms with Crippen LogP contribution in [-0.2, 0) is 19.1 Å². The molecule has 0 aromatic rings. The van der Waals surface area contributed by atoms with E-state index in [1.165, 1.54) is 12.8 Å². The van der Waals surface area contributed by atoms with Crippen molar-refractivity contribution < 1.29 is 19.1 Å². The van der Waals surface area contributed by atoms with Crippen LogP contribution in [0.1, 0.15) is 38.5 Å². The summed E-state index contributed by atoms with van der Waals surface area (Å²) in [6.07, 6.45) is 6.80. The minimum Gasteiger partial charge on any atom is -0.458 e. The van der Waals surface area contributed by atoms with Gasteiger partial charge in [0.05, 0.1) is 10.8 Å². The van der Waals surface area contributed by atoms with E-state index in [2.05, 4.69) is 0 Å². The van der Waals surface area contributed by atoms with Crippen molar-refractivity contribution >= 4 is 11.9 Å². The first-order valence-corrected chi connectivity index (χ1v) is 10.1. The molecule has 2 heterocycles. The Morgan fingerprint density at radius 2 is 1.21 bits per heavy atom. The Morgan fingerprint density at radius 1 is 0.750 bits per heavy atom. The van der Waals surface area contributed by atoms with Crippen molar-refractivity contribution in [2.24, 2.45) is 58.2 Å². The molecule has 0 N–H and O–H groups in total. The third-order valence-corrected chi connectivity index (χ3v) is 11.3. The molecule has 124 valence electrons. The molecule has 0 aromatic carbocycles. The fourth-order valence-corrected chi connectivity index (χ4v) is 12.2. The van der Waals surface area contributed by atoms with E-state index < -0.39 is 10.8 Å². The van der Waals surface area contributed by atoms with Crippen molar-refractivity contribution in [1.82, 2.24) is 0 Å². The second-order valence-corrected chi connectivity index (χ2v) is 10.6. The molecule has 8 bridgehead atoms. The summed E-state index contributed by atoms with van der Waals surface area (Å²) < 4.78 is 12.6. The van der Waals surface area contributed by atoms with Crippen molar-refractivity contribution in [3.8, 4) is 0 Å². The maximum Gasteiger partial charge on any atom is 0.314 e. The summed E-state index contributed by atoms with van der Waals surface area (Å²) in [6, 6.07) is 0. The minimum atomic E-state index is -0.454. The summed E-state index contributed by atoms with van der Waals surface area (Å²) in [5.41, 5.74) is -1.25. The van der Waals surface area contributed by atoms with Gasteiger partial charge in [-0.1, -0.05) is 0 Å². The molecule has 4 heteroatoms. The minimum absolute atomic E-state index is 0.0405. The molecule has 10 fully saturated rings. The number of carbonyl (C=O) groups excluding carboxylic acids is 2. The van der Waals surface area contributed by atoms with E-state index in [9.17, 15) is 9.59 Å². The highest BCUT2D eigenvalue weighted by Gasteiger charge is 3.09. The molecule has 4 spiro atoms. The van der Waals surface area contributed by atoms with Gasteiger partial charge < -0.3 is 9.47 Å². The first kappa shape index (κ1) is 11.5. The van der Waals surface area contributed by atoms with Crippen LogP contribution in [0.5, 0.6) is 0 Å². The molecule has 0 amide bonds. The van der Waals surface area contributed by atoms with Crippen LogP contribution in [0.25, 0.3) is 0 Å². The van der Waals surface area contributed by atoms with Gasteiger partial charge in [0.1, 0.15) is 11.2 Å². The van der Waals surface area contributed by atoms with Gasteiger partial charge in [-0.25, -0.2) is 0 Å². The van der Waals surface area contributed by atoms with Gasteiger partial charge in [0.25, 0.3) is 0 Å². The number of hydrogen-bond acceptors (Lipinski definition) is 4. The van der Waals surface area contributed by atoms with Crippen LogP contribution in [0.3, 0.4) is 0 Å². The standard InChI is InChI=1S/C20H20O4/c21-15-20-12-8-4-2-6-18(8)14-10(12)9-11(19(14,20)16(22)24-18)7-3-1-5-17(7,23-15)13(9)20/h7-14H,1-6H2/t7-,8-,9-,10+,11+,12-,13-,14+,17-,18-,19+,20+/m0/s1. The van der Waals surface area contributed by atoms with E-state index in [1.807, 2.05) is 0 Å². The zero-order valence-electron chi connectivity index (χ0n) is 13.5. The summed E-state index contributed by atoms with van der Waals surface area (Å²) in [6.45, 7) is 0. The van der Waals surface area contributed by atoms with Crippen LogP contribution in [0.15, 0.2) is 0 Å². The molecule has 10 aliphatic rings. The number of rotatable bonds is 0. The van der Waals surface area contributed by atoms with Crippen LogP contribution in [-0.4, -0.2) is 23.1 Å². The lowest BCUT2D eigenvalue weighted by atomic mass is 9.45. The first-order chi connectivity index (χ1) is 11.7. The third kappa shape index (κ3) is 0.579. The normalized spacial score (nSPS) is 78.5. The number of esters is 2. The summed E-state index contributed by atoms with van der Waals surface area (Å²) in [7, 11) is 0. The van der Waals surface area contributed by atoms with E-state index in [0.29, 0.717) is 47.3 Å². The third-order valence-electron chi connectivity index (χ3n) is 11.3. The highest BCUT2D eigenvalue weighted by molar-refractivity contribution is 5.99. The highest BCUT2D eigenvalue weighted by atomic mass is 16.6. The Labute approximate surface area is 139 Å². The van der Waals surface area contributed by atoms with Gasteiger partial charge in [-0.05, 0) is 62.2 Å². The number of ether oxygens (including phenoxy) is 2. The second-order valence-electron chi connectivity index (χ2n) is 10.6. The monoisotopic (exact) mass is 324 g/mol. The van der Waals surface area contributed by atoms with Gasteiger partial charge in [-0.2, -0.15) is 0 Å². The van der Waals surface area contributed by atoms with Gasteiger partial charge in [0.2, 0.25) is 0 Å². The second kappa shape index (κ2) is 2.59. The van der Waals surface area contributed by atoms with E-state index in [0.717, 1.165) is 25.7 Å². The highest BCUT2D eigenvalue weighted by Crippen LogP contribution is 3.02. The van der Waals surface area contributed by atoms with Crippen LogP contribution < -0.4 is 0 Å². The largest absolute Gasteiger partial charge is 0.458 e. The van der Waals surface area contributed by atoms with Crippen molar-refractivity contribution in [1.29, 1.82) is 0 Å². The van der Waals surface area contributed by atoms with Gasteiger partial charge in [0.15, 0.2) is 0 Å². The summed E-state index contributed by atoms with van der Waals surface area (Å²) in [4.78, 5) is 27.0. The van der Waals surface area contributed by atoms with E-state index >= 15 is 0 Å². The molecule has 12 atom stereocenters. The molecular weight excluding hydrogens is 304 g/mol. The topological polar surface area (TPSA) is 52.6 Å². The number of carbonyl (C=O) groups is 2. The zero-order valence-corrected chi connectivity index (χ0v) is 13.5. The lowest BCUT2D eigenvalue weighted by molar-refractivity contribution is -0.166. The van der Waals surface area contributed by atoms with Crippen molar-refractivity contribution in [2.75, 3.05) is 0 Å². The molecular formula is C20H20O4. The van der Waals surface area contributed by atoms with Crippen LogP contribution >= 0.6 is 0 Å². The van der Waals surface area contributed by atoms with E-state index in [1.54, 1.807) is 0 Å². The van der Waals surface area contributed by atoms with Gasteiger partial charge >= 0.3 is 11.9 Å². The van der Waals surface area contributed by atoms with Crippen molar-refractivity contribution in [3.05, 3.63) is 0 Å². The summed E-state index contributed by atoms with van der Waals surface area (Å²) in [5, 5.41) is 0. The van der Waals surface area contributed by atoms with Crippen molar-refractivity contribution in [2.45, 2.75) is 49.7 Å². The predicted molar refractivity (Wildman–Crippen MR) is 78.1 cm³/mol. The Bertz CT molecular complexity index is 767. The Hall–Kier alpha value is -1.06. The molecule has 0 radical (unpaired) electrons. The molecule has 2 aliphatic heterocycles. The Balaban J connectivity index is 1.47. The summed E-state index contributed by atoms with van der Waals surface area (Å²) in [5.74, 6) is 3.77. The lowest BCUT2D eigenvalue weighted by Crippen LogP contribution is -2.62. The zero-order chi connectivity index (χ0) is 15.4.